The highest BCUT2D eigenvalue weighted by Crippen LogP contribution is 2.27. The molecule has 3 aliphatic rings. The summed E-state index contributed by atoms with van der Waals surface area (Å²) in [5.41, 5.74) is 4.85. The maximum absolute atomic E-state index is 13.6. The van der Waals surface area contributed by atoms with Crippen molar-refractivity contribution in [2.75, 3.05) is 96.8 Å². The van der Waals surface area contributed by atoms with Crippen molar-refractivity contribution in [2.24, 2.45) is 5.92 Å². The second kappa shape index (κ2) is 25.3. The zero-order valence-electron chi connectivity index (χ0n) is 39.4. The van der Waals surface area contributed by atoms with E-state index in [0.29, 0.717) is 55.0 Å². The van der Waals surface area contributed by atoms with Gasteiger partial charge < -0.3 is 20.0 Å². The number of likely N-dealkylation sites (tertiary alicyclic amines) is 1. The molecule has 3 fully saturated rings. The van der Waals surface area contributed by atoms with Crippen LogP contribution in [0.3, 0.4) is 0 Å². The van der Waals surface area contributed by atoms with Crippen LogP contribution in [0.5, 0.6) is 0 Å². The van der Waals surface area contributed by atoms with Gasteiger partial charge in [-0.1, -0.05) is 61.5 Å². The third-order valence-electron chi connectivity index (χ3n) is 12.6. The van der Waals surface area contributed by atoms with Crippen molar-refractivity contribution in [1.29, 1.82) is 0 Å². The summed E-state index contributed by atoms with van der Waals surface area (Å²) < 4.78 is 13.3. The number of aromatic amines is 1. The number of hydrogen-bond donors (Lipinski definition) is 2. The van der Waals surface area contributed by atoms with Gasteiger partial charge in [0.1, 0.15) is 11.7 Å². The minimum Gasteiger partial charge on any atom is -0.339 e. The highest BCUT2D eigenvalue weighted by Gasteiger charge is 2.29. The Morgan fingerprint density at radius 1 is 0.853 bits per heavy atom. The second-order valence-corrected chi connectivity index (χ2v) is 17.7. The van der Waals surface area contributed by atoms with E-state index in [1.807, 2.05) is 47.1 Å². The number of allylic oxidation sites excluding steroid dienone is 1. The molecule has 5 heterocycles. The average molecular weight is 949 g/mol. The smallest absolute Gasteiger partial charge is 0.274 e. The van der Waals surface area contributed by atoms with E-state index in [9.17, 15) is 28.4 Å². The summed E-state index contributed by atoms with van der Waals surface area (Å²) in [5, 5.41) is 10.6. The molecule has 0 atom stereocenters. The fraction of sp³-hybridized carbons (Fsp3) is 0.404. The van der Waals surface area contributed by atoms with E-state index in [2.05, 4.69) is 67.9 Å². The lowest BCUT2D eigenvalue weighted by Crippen LogP contribution is -2.52. The van der Waals surface area contributed by atoms with E-state index in [0.717, 1.165) is 100 Å². The number of piperazine rings is 2. The number of likely N-dealkylation sites (N-methyl/N-ethyl adjacent to an activating group) is 1. The van der Waals surface area contributed by atoms with E-state index in [-0.39, 0.29) is 40.4 Å². The topological polar surface area (TPSA) is 155 Å². The largest absolute Gasteiger partial charge is 0.339 e. The van der Waals surface area contributed by atoms with Crippen molar-refractivity contribution in [3.8, 4) is 11.1 Å². The van der Waals surface area contributed by atoms with Crippen LogP contribution in [-0.2, 0) is 22.4 Å². The number of alkyl halides is 1. The molecule has 8 rings (SSSR count). The van der Waals surface area contributed by atoms with Gasteiger partial charge in [-0.05, 0) is 93.2 Å². The number of rotatable bonds is 12. The van der Waals surface area contributed by atoms with E-state index in [1.165, 1.54) is 17.7 Å². The molecule has 0 spiro atoms. The van der Waals surface area contributed by atoms with Crippen LogP contribution in [0.2, 0.25) is 0 Å². The molecule has 3 saturated heterocycles. The molecule has 0 saturated carbocycles. The molecular formula is C52H63ClFN9O5. The van der Waals surface area contributed by atoms with E-state index < -0.39 is 5.82 Å². The minimum absolute atomic E-state index is 0.0150. The normalized spacial score (nSPS) is 16.0. The Hall–Kier alpha value is -6.13. The van der Waals surface area contributed by atoms with Crippen LogP contribution in [0.1, 0.15) is 64.4 Å². The molecule has 0 aliphatic carbocycles. The van der Waals surface area contributed by atoms with Crippen LogP contribution in [0.4, 0.5) is 10.1 Å². The summed E-state index contributed by atoms with van der Waals surface area (Å²) in [6, 6.07) is 21.5. The number of aldehydes is 1. The first-order valence-electron chi connectivity index (χ1n) is 23.4. The molecule has 360 valence electrons. The van der Waals surface area contributed by atoms with Gasteiger partial charge in [-0.3, -0.25) is 33.8 Å². The van der Waals surface area contributed by atoms with Crippen LogP contribution in [-0.4, -0.2) is 155 Å². The maximum Gasteiger partial charge on any atom is 0.274 e. The number of aryl methyl sites for hydroxylation is 1. The quantitative estimate of drug-likeness (QED) is 0.0818. The molecular weight excluding hydrogens is 885 g/mol. The van der Waals surface area contributed by atoms with Gasteiger partial charge in [-0.2, -0.15) is 5.10 Å². The Bertz CT molecular complexity index is 2580. The lowest BCUT2D eigenvalue weighted by atomic mass is 9.96. The third-order valence-corrected chi connectivity index (χ3v) is 12.8. The first-order chi connectivity index (χ1) is 32.9. The molecule has 2 N–H and O–H groups in total. The number of halogens is 2. The summed E-state index contributed by atoms with van der Waals surface area (Å²) in [7, 11) is 2.11. The Kier molecular flexibility index (Phi) is 19.1. The fourth-order valence-electron chi connectivity index (χ4n) is 8.66. The van der Waals surface area contributed by atoms with Gasteiger partial charge in [0.05, 0.1) is 28.9 Å². The number of anilines is 1. The van der Waals surface area contributed by atoms with Crippen molar-refractivity contribution >= 4 is 52.1 Å². The number of hydrogen-bond acceptors (Lipinski definition) is 10. The predicted octanol–water partition coefficient (Wildman–Crippen LogP) is 6.39. The molecule has 0 unspecified atom stereocenters. The Morgan fingerprint density at radius 2 is 1.54 bits per heavy atom. The number of amides is 3. The zero-order chi connectivity index (χ0) is 48.6. The molecule has 0 bridgehead atoms. The van der Waals surface area contributed by atoms with Crippen LogP contribution in [0.25, 0.3) is 21.9 Å². The van der Waals surface area contributed by atoms with Gasteiger partial charge in [-0.15, -0.1) is 18.2 Å². The van der Waals surface area contributed by atoms with Crippen molar-refractivity contribution in [3.05, 3.63) is 136 Å². The molecule has 0 radical (unpaired) electrons. The Balaban J connectivity index is 0.000000263. The summed E-state index contributed by atoms with van der Waals surface area (Å²) in [6.07, 6.45) is 7.44. The van der Waals surface area contributed by atoms with Gasteiger partial charge in [0.15, 0.2) is 12.0 Å². The van der Waals surface area contributed by atoms with Crippen LogP contribution in [0.15, 0.2) is 96.4 Å². The third kappa shape index (κ3) is 14.0. The highest BCUT2D eigenvalue weighted by atomic mass is 35.5. The number of carbonyl (C=O) groups is 4. The molecule has 5 aromatic rings. The first-order valence-corrected chi connectivity index (χ1v) is 23.9. The molecule has 14 nitrogen and oxygen atoms in total. The standard InChI is InChI=1S/C33H46ClN7O3.C16H11FN2O2.C3H6/c1-3-25-5-4-6-27(19-25)28-20-29(36-30(42)21-34)32(35-22-28)33(44)41-17-13-39(14-18-41)23-26-7-9-38(10-8-26)24-31(43)40-15-11-37(2)12-16-40;17-14-6-5-10(7-11(14)9-20)8-15-12-3-1-2-4-13(12)16(21)19-18-15;1-3-2/h4-6,19-20,22,26H,3,7-18,21,23-24H2,1-2H3,(H,36,42);1-7,9H,8H2,(H,19,21);3H,1H2,2H3. The van der Waals surface area contributed by atoms with E-state index >= 15 is 0 Å². The number of H-pyrrole nitrogens is 1. The summed E-state index contributed by atoms with van der Waals surface area (Å²) in [5.74, 6) is -0.438. The lowest BCUT2D eigenvalue weighted by molar-refractivity contribution is -0.134. The van der Waals surface area contributed by atoms with Gasteiger partial charge in [0, 0.05) is 82.5 Å². The lowest BCUT2D eigenvalue weighted by Gasteiger charge is -2.39. The molecule has 2 aromatic heterocycles. The number of nitrogens with one attached hydrogen (secondary N) is 2. The number of piperidine rings is 1. The summed E-state index contributed by atoms with van der Waals surface area (Å²) in [4.78, 5) is 76.5. The van der Waals surface area contributed by atoms with Crippen LogP contribution in [0, 0.1) is 11.7 Å². The predicted molar refractivity (Wildman–Crippen MR) is 267 cm³/mol. The summed E-state index contributed by atoms with van der Waals surface area (Å²) in [6.45, 7) is 17.2. The van der Waals surface area contributed by atoms with Crippen LogP contribution >= 0.6 is 11.6 Å². The summed E-state index contributed by atoms with van der Waals surface area (Å²) >= 11 is 5.79. The number of fused-ring (bicyclic) bond motifs is 1. The number of pyridine rings is 1. The first kappa shape index (κ1) is 51.3. The van der Waals surface area contributed by atoms with Crippen LogP contribution < -0.4 is 10.9 Å². The number of carbonyl (C=O) groups excluding carboxylic acids is 4. The van der Waals surface area contributed by atoms with Gasteiger partial charge >= 0.3 is 0 Å². The van der Waals surface area contributed by atoms with Gasteiger partial charge in [-0.25, -0.2) is 14.5 Å². The molecule has 3 aromatic carbocycles. The average Bonchev–Trinajstić information content (AvgIpc) is 3.36. The van der Waals surface area contributed by atoms with Crippen molar-refractivity contribution in [1.82, 2.24) is 39.7 Å². The second-order valence-electron chi connectivity index (χ2n) is 17.5. The SMILES string of the molecule is C=CC.CCc1cccc(-c2cnc(C(=O)N3CCN(CC4CCN(CC(=O)N5CCN(C)CC5)CC4)CC3)c(NC(=O)CCl)c2)c1.O=Cc1cc(Cc2n[nH]c(=O)c3ccccc23)ccc1F. The number of benzene rings is 3. The molecule has 3 aliphatic heterocycles. The highest BCUT2D eigenvalue weighted by molar-refractivity contribution is 6.29. The Morgan fingerprint density at radius 3 is 2.22 bits per heavy atom. The van der Waals surface area contributed by atoms with Gasteiger partial charge in [0.25, 0.3) is 11.5 Å². The fourth-order valence-corrected chi connectivity index (χ4v) is 8.73. The Labute approximate surface area is 403 Å². The number of aromatic nitrogens is 3. The maximum atomic E-state index is 13.6. The van der Waals surface area contributed by atoms with Crippen molar-refractivity contribution in [3.63, 3.8) is 0 Å². The van der Waals surface area contributed by atoms with Gasteiger partial charge in [0.2, 0.25) is 11.8 Å². The molecule has 16 heteroatoms. The zero-order valence-corrected chi connectivity index (χ0v) is 40.1. The van der Waals surface area contributed by atoms with E-state index in [1.54, 1.807) is 30.5 Å². The minimum atomic E-state index is -0.548. The van der Waals surface area contributed by atoms with E-state index in [4.69, 9.17) is 11.6 Å². The number of nitrogens with zero attached hydrogens (tertiary/aromatic N) is 7. The van der Waals surface area contributed by atoms with Crippen molar-refractivity contribution < 1.29 is 23.6 Å². The molecule has 68 heavy (non-hydrogen) atoms. The molecule has 3 amide bonds. The van der Waals surface area contributed by atoms with Crippen molar-refractivity contribution in [2.45, 2.75) is 39.5 Å². The monoisotopic (exact) mass is 947 g/mol.